The highest BCUT2D eigenvalue weighted by Crippen LogP contribution is 2.18. The van der Waals surface area contributed by atoms with Gasteiger partial charge in [0.15, 0.2) is 0 Å². The van der Waals surface area contributed by atoms with Crippen LogP contribution in [-0.4, -0.2) is 22.6 Å². The zero-order valence-electron chi connectivity index (χ0n) is 12.7. The first kappa shape index (κ1) is 16.1. The average Bonchev–Trinajstić information content (AvgIpc) is 3.01. The summed E-state index contributed by atoms with van der Waals surface area (Å²) in [7, 11) is 0. The maximum atomic E-state index is 5.67. The second-order valence-corrected chi connectivity index (χ2v) is 6.28. The predicted octanol–water partition coefficient (Wildman–Crippen LogP) is 2.85. The number of hydrogen-bond acceptors (Lipinski definition) is 5. The van der Waals surface area contributed by atoms with Crippen molar-refractivity contribution in [1.29, 1.82) is 0 Å². The van der Waals surface area contributed by atoms with E-state index in [1.165, 1.54) is 11.3 Å². The third kappa shape index (κ3) is 4.88. The molecule has 4 nitrogen and oxygen atoms in total. The molecule has 2 rings (SSSR count). The average molecular weight is 304 g/mol. The van der Waals surface area contributed by atoms with Gasteiger partial charge < -0.3 is 11.1 Å². The van der Waals surface area contributed by atoms with Crippen LogP contribution < -0.4 is 11.1 Å². The number of nitrogens with zero attached hydrogens (tertiary/aromatic N) is 2. The van der Waals surface area contributed by atoms with Crippen molar-refractivity contribution in [2.75, 3.05) is 6.54 Å². The molecule has 0 aliphatic heterocycles. The first-order valence-electron chi connectivity index (χ1n) is 7.46. The van der Waals surface area contributed by atoms with Gasteiger partial charge in [0.2, 0.25) is 0 Å². The van der Waals surface area contributed by atoms with Crippen molar-refractivity contribution in [2.24, 2.45) is 5.73 Å². The Morgan fingerprint density at radius 3 is 2.86 bits per heavy atom. The van der Waals surface area contributed by atoms with Gasteiger partial charge in [-0.15, -0.1) is 11.3 Å². The molecule has 2 unspecified atom stereocenters. The molecular formula is C16H24N4S. The molecule has 3 N–H and O–H groups in total. The van der Waals surface area contributed by atoms with Crippen LogP contribution in [0.1, 0.15) is 42.1 Å². The lowest BCUT2D eigenvalue weighted by Crippen LogP contribution is -2.34. The number of nitrogens with one attached hydrogen (secondary N) is 1. The highest BCUT2D eigenvalue weighted by Gasteiger charge is 2.16. The van der Waals surface area contributed by atoms with Gasteiger partial charge in [0.25, 0.3) is 0 Å². The molecule has 5 heteroatoms. The third-order valence-corrected chi connectivity index (χ3v) is 4.58. The lowest BCUT2D eigenvalue weighted by molar-refractivity contribution is 0.416. The molecule has 0 aliphatic rings. The Labute approximate surface area is 130 Å². The van der Waals surface area contributed by atoms with E-state index in [1.54, 1.807) is 11.3 Å². The predicted molar refractivity (Wildman–Crippen MR) is 88.4 cm³/mol. The van der Waals surface area contributed by atoms with Crippen molar-refractivity contribution in [1.82, 2.24) is 15.3 Å². The minimum absolute atomic E-state index is 0.261. The second kappa shape index (κ2) is 8.22. The SMILES string of the molecule is Cc1cccnc1CC(CCCN)NC(C)c1nccs1. The summed E-state index contributed by atoms with van der Waals surface area (Å²) in [5.41, 5.74) is 8.09. The normalized spacial score (nSPS) is 14.0. The van der Waals surface area contributed by atoms with Crippen molar-refractivity contribution in [2.45, 2.75) is 45.2 Å². The van der Waals surface area contributed by atoms with Gasteiger partial charge >= 0.3 is 0 Å². The summed E-state index contributed by atoms with van der Waals surface area (Å²) in [4.78, 5) is 8.90. The molecule has 0 radical (unpaired) electrons. The minimum Gasteiger partial charge on any atom is -0.330 e. The molecule has 2 atom stereocenters. The molecule has 0 spiro atoms. The highest BCUT2D eigenvalue weighted by atomic mass is 32.1. The summed E-state index contributed by atoms with van der Waals surface area (Å²) in [5, 5.41) is 6.83. The van der Waals surface area contributed by atoms with Gasteiger partial charge in [-0.1, -0.05) is 6.07 Å². The van der Waals surface area contributed by atoms with Crippen molar-refractivity contribution >= 4 is 11.3 Å². The van der Waals surface area contributed by atoms with Crippen LogP contribution in [0.2, 0.25) is 0 Å². The molecule has 114 valence electrons. The number of thiazole rings is 1. The topological polar surface area (TPSA) is 63.8 Å². The Bertz CT molecular complexity index is 527. The van der Waals surface area contributed by atoms with Crippen LogP contribution in [-0.2, 0) is 6.42 Å². The number of nitrogens with two attached hydrogens (primary N) is 1. The fourth-order valence-corrected chi connectivity index (χ4v) is 3.10. The van der Waals surface area contributed by atoms with E-state index in [1.807, 2.05) is 23.8 Å². The van der Waals surface area contributed by atoms with Gasteiger partial charge in [0, 0.05) is 35.9 Å². The lowest BCUT2D eigenvalue weighted by Gasteiger charge is -2.22. The molecule has 0 bridgehead atoms. The van der Waals surface area contributed by atoms with Gasteiger partial charge in [-0.3, -0.25) is 4.98 Å². The van der Waals surface area contributed by atoms with E-state index in [9.17, 15) is 0 Å². The fourth-order valence-electron chi connectivity index (χ4n) is 2.45. The fraction of sp³-hybridized carbons (Fsp3) is 0.500. The molecule has 2 aromatic rings. The molecule has 0 aliphatic carbocycles. The van der Waals surface area contributed by atoms with Gasteiger partial charge in [0.1, 0.15) is 5.01 Å². The van der Waals surface area contributed by atoms with Crippen LogP contribution in [0.5, 0.6) is 0 Å². The van der Waals surface area contributed by atoms with E-state index in [0.29, 0.717) is 6.04 Å². The largest absolute Gasteiger partial charge is 0.330 e. The van der Waals surface area contributed by atoms with E-state index in [-0.39, 0.29) is 6.04 Å². The molecule has 0 aromatic carbocycles. The maximum absolute atomic E-state index is 5.67. The van der Waals surface area contributed by atoms with Crippen LogP contribution in [0.4, 0.5) is 0 Å². The summed E-state index contributed by atoms with van der Waals surface area (Å²) in [6, 6.07) is 4.74. The Morgan fingerprint density at radius 2 is 2.19 bits per heavy atom. The smallest absolute Gasteiger partial charge is 0.109 e. The van der Waals surface area contributed by atoms with Gasteiger partial charge in [0.05, 0.1) is 6.04 Å². The van der Waals surface area contributed by atoms with Gasteiger partial charge in [-0.05, 0) is 44.9 Å². The van der Waals surface area contributed by atoms with Crippen LogP contribution in [0, 0.1) is 6.92 Å². The Hall–Kier alpha value is -1.30. The summed E-state index contributed by atoms with van der Waals surface area (Å²) in [6.45, 7) is 5.01. The van der Waals surface area contributed by atoms with Gasteiger partial charge in [-0.25, -0.2) is 4.98 Å². The maximum Gasteiger partial charge on any atom is 0.109 e. The van der Waals surface area contributed by atoms with E-state index in [0.717, 1.165) is 30.8 Å². The van der Waals surface area contributed by atoms with Crippen molar-refractivity contribution in [3.8, 4) is 0 Å². The zero-order valence-corrected chi connectivity index (χ0v) is 13.6. The number of aryl methyl sites for hydroxylation is 1. The Morgan fingerprint density at radius 1 is 1.33 bits per heavy atom. The Kier molecular flexibility index (Phi) is 6.29. The molecule has 0 fully saturated rings. The molecule has 0 saturated carbocycles. The Balaban J connectivity index is 2.02. The van der Waals surface area contributed by atoms with Crippen LogP contribution in [0.15, 0.2) is 29.9 Å². The number of hydrogen-bond donors (Lipinski definition) is 2. The molecule has 2 aromatic heterocycles. The quantitative estimate of drug-likeness (QED) is 0.787. The first-order chi connectivity index (χ1) is 10.2. The number of rotatable bonds is 8. The first-order valence-corrected chi connectivity index (χ1v) is 8.34. The molecule has 21 heavy (non-hydrogen) atoms. The van der Waals surface area contributed by atoms with E-state index in [2.05, 4.69) is 35.2 Å². The number of pyridine rings is 1. The summed E-state index contributed by atoms with van der Waals surface area (Å²) < 4.78 is 0. The molecular weight excluding hydrogens is 280 g/mol. The van der Waals surface area contributed by atoms with Crippen LogP contribution in [0.25, 0.3) is 0 Å². The monoisotopic (exact) mass is 304 g/mol. The minimum atomic E-state index is 0.261. The summed E-state index contributed by atoms with van der Waals surface area (Å²) in [5.74, 6) is 0. The molecule has 2 heterocycles. The zero-order chi connectivity index (χ0) is 15.1. The number of aromatic nitrogens is 2. The molecule has 0 saturated heterocycles. The van der Waals surface area contributed by atoms with E-state index >= 15 is 0 Å². The van der Waals surface area contributed by atoms with Gasteiger partial charge in [-0.2, -0.15) is 0 Å². The highest BCUT2D eigenvalue weighted by molar-refractivity contribution is 7.09. The van der Waals surface area contributed by atoms with Crippen molar-refractivity contribution in [3.63, 3.8) is 0 Å². The van der Waals surface area contributed by atoms with Crippen LogP contribution >= 0.6 is 11.3 Å². The van der Waals surface area contributed by atoms with Crippen LogP contribution in [0.3, 0.4) is 0 Å². The summed E-state index contributed by atoms with van der Waals surface area (Å²) in [6.07, 6.45) is 6.74. The summed E-state index contributed by atoms with van der Waals surface area (Å²) >= 11 is 1.69. The second-order valence-electron chi connectivity index (χ2n) is 5.36. The third-order valence-electron chi connectivity index (χ3n) is 3.62. The van der Waals surface area contributed by atoms with Crippen molar-refractivity contribution in [3.05, 3.63) is 46.2 Å². The molecule has 0 amide bonds. The van der Waals surface area contributed by atoms with Crippen molar-refractivity contribution < 1.29 is 0 Å². The van der Waals surface area contributed by atoms with E-state index < -0.39 is 0 Å². The lowest BCUT2D eigenvalue weighted by atomic mass is 10.0. The van der Waals surface area contributed by atoms with E-state index in [4.69, 9.17) is 5.73 Å². The standard InChI is InChI=1S/C16H24N4S/c1-12-5-4-8-18-15(12)11-14(6-3-7-17)20-13(2)16-19-9-10-21-16/h4-5,8-10,13-14,20H,3,6-7,11,17H2,1-2H3.